The Morgan fingerprint density at radius 1 is 1.48 bits per heavy atom. The number of amides is 1. The maximum atomic E-state index is 11.6. The van der Waals surface area contributed by atoms with E-state index in [9.17, 15) is 4.79 Å². The van der Waals surface area contributed by atoms with Crippen LogP contribution in [0.4, 0.5) is 0 Å². The number of rotatable bonds is 6. The number of hydrogen-bond acceptors (Lipinski definition) is 6. The first-order chi connectivity index (χ1) is 9.95. The van der Waals surface area contributed by atoms with Crippen LogP contribution in [0.5, 0.6) is 0 Å². The molecule has 2 heterocycles. The van der Waals surface area contributed by atoms with Gasteiger partial charge in [0.05, 0.1) is 19.3 Å². The fraction of sp³-hybridized carbons (Fsp3) is 0.786. The van der Waals surface area contributed by atoms with Gasteiger partial charge in [0.2, 0.25) is 11.8 Å². The Bertz CT molecular complexity index is 461. The van der Waals surface area contributed by atoms with E-state index < -0.39 is 0 Å². The molecule has 0 aromatic carbocycles. The van der Waals surface area contributed by atoms with Gasteiger partial charge in [0.15, 0.2) is 5.82 Å². The number of carbonyl (C=O) groups excluding carboxylic acids is 1. The van der Waals surface area contributed by atoms with Crippen LogP contribution in [0, 0.1) is 0 Å². The number of ether oxygens (including phenoxy) is 2. The Morgan fingerprint density at radius 3 is 2.90 bits per heavy atom. The topological polar surface area (TPSA) is 86.5 Å². The molecule has 1 fully saturated rings. The Morgan fingerprint density at radius 2 is 2.29 bits per heavy atom. The van der Waals surface area contributed by atoms with Gasteiger partial charge in [-0.3, -0.25) is 4.79 Å². The first-order valence-corrected chi connectivity index (χ1v) is 7.24. The van der Waals surface area contributed by atoms with Crippen molar-refractivity contribution < 1.29 is 18.8 Å². The fourth-order valence-corrected chi connectivity index (χ4v) is 1.92. The second-order valence-electron chi connectivity index (χ2n) is 6.19. The van der Waals surface area contributed by atoms with Gasteiger partial charge >= 0.3 is 0 Å². The quantitative estimate of drug-likeness (QED) is 0.848. The standard InChI is InChI=1S/C14H23N3O4/c1-14(2,3)13-16-12(21-17-13)7-15-11(18)9-19-8-10-5-4-6-20-10/h10H,4-9H2,1-3H3,(H,15,18)/t10-/m0/s1. The van der Waals surface area contributed by atoms with Crippen molar-refractivity contribution in [3.8, 4) is 0 Å². The zero-order chi connectivity index (χ0) is 15.3. The SMILES string of the molecule is CC(C)(C)c1noc(CNC(=O)COC[C@@H]2CCCO2)n1. The first kappa shape index (κ1) is 15.9. The second kappa shape index (κ2) is 7.00. The maximum absolute atomic E-state index is 11.6. The fourth-order valence-electron chi connectivity index (χ4n) is 1.92. The van der Waals surface area contributed by atoms with Crippen molar-refractivity contribution in [2.24, 2.45) is 0 Å². The van der Waals surface area contributed by atoms with Gasteiger partial charge < -0.3 is 19.3 Å². The molecule has 1 saturated heterocycles. The molecule has 1 aliphatic heterocycles. The second-order valence-corrected chi connectivity index (χ2v) is 6.19. The summed E-state index contributed by atoms with van der Waals surface area (Å²) in [6.45, 7) is 7.47. The molecule has 7 heteroatoms. The molecule has 0 bridgehead atoms. The van der Waals surface area contributed by atoms with Gasteiger partial charge in [-0.2, -0.15) is 4.98 Å². The third-order valence-corrected chi connectivity index (χ3v) is 3.14. The highest BCUT2D eigenvalue weighted by atomic mass is 16.5. The van der Waals surface area contributed by atoms with Crippen LogP contribution < -0.4 is 5.32 Å². The molecule has 1 N–H and O–H groups in total. The summed E-state index contributed by atoms with van der Waals surface area (Å²) in [5.74, 6) is 0.817. The van der Waals surface area contributed by atoms with Gasteiger partial charge in [0.25, 0.3) is 0 Å². The summed E-state index contributed by atoms with van der Waals surface area (Å²) < 4.78 is 15.8. The van der Waals surface area contributed by atoms with Crippen LogP contribution >= 0.6 is 0 Å². The summed E-state index contributed by atoms with van der Waals surface area (Å²) in [5, 5.41) is 6.58. The average Bonchev–Trinajstić information content (AvgIpc) is 3.06. The van der Waals surface area contributed by atoms with E-state index in [1.807, 2.05) is 20.8 Å². The summed E-state index contributed by atoms with van der Waals surface area (Å²) in [5.41, 5.74) is -0.170. The van der Waals surface area contributed by atoms with Crippen molar-refractivity contribution in [3.05, 3.63) is 11.7 Å². The number of nitrogens with one attached hydrogen (secondary N) is 1. The summed E-state index contributed by atoms with van der Waals surface area (Å²) >= 11 is 0. The van der Waals surface area contributed by atoms with E-state index >= 15 is 0 Å². The van der Waals surface area contributed by atoms with Gasteiger partial charge in [0.1, 0.15) is 6.61 Å². The van der Waals surface area contributed by atoms with E-state index in [2.05, 4.69) is 15.5 Å². The van der Waals surface area contributed by atoms with E-state index in [-0.39, 0.29) is 30.6 Å². The number of aromatic nitrogens is 2. The Hall–Kier alpha value is -1.47. The molecule has 0 radical (unpaired) electrons. The lowest BCUT2D eigenvalue weighted by Crippen LogP contribution is -2.29. The zero-order valence-corrected chi connectivity index (χ0v) is 12.8. The van der Waals surface area contributed by atoms with Gasteiger partial charge in [-0.05, 0) is 12.8 Å². The van der Waals surface area contributed by atoms with Crippen molar-refractivity contribution in [2.75, 3.05) is 19.8 Å². The van der Waals surface area contributed by atoms with Crippen LogP contribution in [0.3, 0.4) is 0 Å². The maximum Gasteiger partial charge on any atom is 0.246 e. The summed E-state index contributed by atoms with van der Waals surface area (Å²) in [6.07, 6.45) is 2.19. The highest BCUT2D eigenvalue weighted by Crippen LogP contribution is 2.18. The van der Waals surface area contributed by atoms with E-state index in [0.717, 1.165) is 19.4 Å². The Labute approximate surface area is 124 Å². The number of nitrogens with zero attached hydrogens (tertiary/aromatic N) is 2. The minimum Gasteiger partial charge on any atom is -0.376 e. The molecule has 0 saturated carbocycles. The van der Waals surface area contributed by atoms with Crippen LogP contribution in [0.15, 0.2) is 4.52 Å². The third kappa shape index (κ3) is 5.09. The minimum atomic E-state index is -0.205. The summed E-state index contributed by atoms with van der Waals surface area (Å²) in [7, 11) is 0. The largest absolute Gasteiger partial charge is 0.376 e. The zero-order valence-electron chi connectivity index (χ0n) is 12.8. The molecule has 0 unspecified atom stereocenters. The molecule has 1 aromatic rings. The molecule has 0 aliphatic carbocycles. The van der Waals surface area contributed by atoms with E-state index in [4.69, 9.17) is 14.0 Å². The molecule has 0 spiro atoms. The normalized spacial score (nSPS) is 18.9. The molecular weight excluding hydrogens is 274 g/mol. The van der Waals surface area contributed by atoms with Crippen LogP contribution in [0.1, 0.15) is 45.3 Å². The molecule has 1 amide bonds. The van der Waals surface area contributed by atoms with Crippen molar-refractivity contribution in [3.63, 3.8) is 0 Å². The van der Waals surface area contributed by atoms with Crippen molar-refractivity contribution in [2.45, 2.75) is 51.7 Å². The lowest BCUT2D eigenvalue weighted by Gasteiger charge is -2.11. The molecule has 7 nitrogen and oxygen atoms in total. The highest BCUT2D eigenvalue weighted by Gasteiger charge is 2.21. The Kier molecular flexibility index (Phi) is 5.30. The average molecular weight is 297 g/mol. The summed E-state index contributed by atoms with van der Waals surface area (Å²) in [4.78, 5) is 15.9. The monoisotopic (exact) mass is 297 g/mol. The van der Waals surface area contributed by atoms with E-state index in [0.29, 0.717) is 18.3 Å². The predicted molar refractivity (Wildman–Crippen MR) is 74.6 cm³/mol. The van der Waals surface area contributed by atoms with Crippen LogP contribution in [-0.2, 0) is 26.2 Å². The highest BCUT2D eigenvalue weighted by molar-refractivity contribution is 5.77. The summed E-state index contributed by atoms with van der Waals surface area (Å²) in [6, 6.07) is 0. The molecule has 1 atom stereocenters. The van der Waals surface area contributed by atoms with E-state index in [1.165, 1.54) is 0 Å². The number of hydrogen-bond donors (Lipinski definition) is 1. The molecule has 2 rings (SSSR count). The third-order valence-electron chi connectivity index (χ3n) is 3.14. The number of carbonyl (C=O) groups is 1. The van der Waals surface area contributed by atoms with Crippen LogP contribution in [0.25, 0.3) is 0 Å². The first-order valence-electron chi connectivity index (χ1n) is 7.24. The van der Waals surface area contributed by atoms with Crippen molar-refractivity contribution in [1.29, 1.82) is 0 Å². The predicted octanol–water partition coefficient (Wildman–Crippen LogP) is 1.18. The molecular formula is C14H23N3O4. The molecule has 21 heavy (non-hydrogen) atoms. The van der Waals surface area contributed by atoms with Crippen molar-refractivity contribution >= 4 is 5.91 Å². The molecule has 118 valence electrons. The van der Waals surface area contributed by atoms with Crippen molar-refractivity contribution in [1.82, 2.24) is 15.5 Å². The van der Waals surface area contributed by atoms with Gasteiger partial charge in [-0.25, -0.2) is 0 Å². The van der Waals surface area contributed by atoms with Gasteiger partial charge in [-0.1, -0.05) is 25.9 Å². The molecule has 1 aromatic heterocycles. The Balaban J connectivity index is 1.65. The lowest BCUT2D eigenvalue weighted by molar-refractivity contribution is -0.127. The van der Waals surface area contributed by atoms with E-state index in [1.54, 1.807) is 0 Å². The van der Waals surface area contributed by atoms with Crippen LogP contribution in [-0.4, -0.2) is 42.0 Å². The smallest absolute Gasteiger partial charge is 0.246 e. The van der Waals surface area contributed by atoms with Gasteiger partial charge in [0, 0.05) is 12.0 Å². The molecule has 1 aliphatic rings. The van der Waals surface area contributed by atoms with Crippen LogP contribution in [0.2, 0.25) is 0 Å². The minimum absolute atomic E-state index is 0.0140. The van der Waals surface area contributed by atoms with Gasteiger partial charge in [-0.15, -0.1) is 0 Å². The lowest BCUT2D eigenvalue weighted by atomic mass is 9.96.